The average Bonchev–Trinajstić information content (AvgIpc) is 2.50. The molecule has 0 amide bonds. The minimum absolute atomic E-state index is 0.150. The number of rotatable bonds is 6. The van der Waals surface area contributed by atoms with Crippen LogP contribution in [0.25, 0.3) is 0 Å². The average molecular weight is 285 g/mol. The van der Waals surface area contributed by atoms with E-state index in [-0.39, 0.29) is 6.04 Å². The van der Waals surface area contributed by atoms with Gasteiger partial charge in [0.25, 0.3) is 0 Å². The van der Waals surface area contributed by atoms with Crippen LogP contribution in [0.2, 0.25) is 0 Å². The molecule has 2 aromatic carbocycles. The van der Waals surface area contributed by atoms with Gasteiger partial charge in [-0.3, -0.25) is 0 Å². The Balaban J connectivity index is 2.12. The van der Waals surface area contributed by atoms with Gasteiger partial charge in [0.05, 0.1) is 13.2 Å². The maximum absolute atomic E-state index is 5.96. The smallest absolute Gasteiger partial charge is 0.161 e. The van der Waals surface area contributed by atoms with E-state index in [0.717, 1.165) is 17.1 Å². The fourth-order valence-corrected chi connectivity index (χ4v) is 2.37. The Bertz CT molecular complexity index is 596. The van der Waals surface area contributed by atoms with Crippen LogP contribution in [-0.4, -0.2) is 20.8 Å². The van der Waals surface area contributed by atoms with Gasteiger partial charge in [0, 0.05) is 0 Å². The van der Waals surface area contributed by atoms with Crippen molar-refractivity contribution < 1.29 is 9.47 Å². The number of hydrogen-bond acceptors (Lipinski definition) is 3. The largest absolute Gasteiger partial charge is 0.493 e. The van der Waals surface area contributed by atoms with Crippen LogP contribution >= 0.6 is 0 Å². The highest BCUT2D eigenvalue weighted by molar-refractivity contribution is 5.42. The molecule has 112 valence electrons. The van der Waals surface area contributed by atoms with Crippen molar-refractivity contribution in [2.45, 2.75) is 19.9 Å². The van der Waals surface area contributed by atoms with E-state index in [4.69, 9.17) is 9.47 Å². The van der Waals surface area contributed by atoms with E-state index in [1.165, 1.54) is 11.1 Å². The van der Waals surface area contributed by atoms with Crippen LogP contribution in [0.5, 0.6) is 11.5 Å². The molecule has 0 bridgehead atoms. The van der Waals surface area contributed by atoms with Crippen molar-refractivity contribution in [3.63, 3.8) is 0 Å². The third kappa shape index (κ3) is 3.76. The second kappa shape index (κ2) is 7.14. The molecule has 0 aromatic heterocycles. The highest BCUT2D eigenvalue weighted by Gasteiger charge is 2.13. The minimum Gasteiger partial charge on any atom is -0.493 e. The van der Waals surface area contributed by atoms with Crippen molar-refractivity contribution in [1.29, 1.82) is 0 Å². The monoisotopic (exact) mass is 285 g/mol. The number of hydrogen-bond donors (Lipinski definition) is 1. The molecule has 1 atom stereocenters. The van der Waals surface area contributed by atoms with Crippen molar-refractivity contribution in [2.75, 3.05) is 20.8 Å². The fourth-order valence-electron chi connectivity index (χ4n) is 2.37. The Labute approximate surface area is 126 Å². The number of benzene rings is 2. The van der Waals surface area contributed by atoms with E-state index in [0.29, 0.717) is 6.61 Å². The van der Waals surface area contributed by atoms with Crippen LogP contribution in [0, 0.1) is 13.8 Å². The van der Waals surface area contributed by atoms with Crippen LogP contribution < -0.4 is 14.8 Å². The molecule has 2 rings (SSSR count). The van der Waals surface area contributed by atoms with Crippen LogP contribution in [0.3, 0.4) is 0 Å². The van der Waals surface area contributed by atoms with Gasteiger partial charge in [0.15, 0.2) is 11.5 Å². The van der Waals surface area contributed by atoms with Crippen LogP contribution in [0.1, 0.15) is 22.7 Å². The Morgan fingerprint density at radius 3 is 2.48 bits per heavy atom. The van der Waals surface area contributed by atoms with Gasteiger partial charge >= 0.3 is 0 Å². The first-order chi connectivity index (χ1) is 10.2. The van der Waals surface area contributed by atoms with Gasteiger partial charge in [-0.1, -0.05) is 30.3 Å². The quantitative estimate of drug-likeness (QED) is 0.878. The maximum Gasteiger partial charge on any atom is 0.161 e. The summed E-state index contributed by atoms with van der Waals surface area (Å²) in [5, 5.41) is 3.31. The van der Waals surface area contributed by atoms with Gasteiger partial charge in [0.2, 0.25) is 0 Å². The predicted molar refractivity (Wildman–Crippen MR) is 86.2 cm³/mol. The zero-order valence-corrected chi connectivity index (χ0v) is 13.1. The molecule has 1 unspecified atom stereocenters. The van der Waals surface area contributed by atoms with E-state index >= 15 is 0 Å². The number of nitrogens with one attached hydrogen (secondary N) is 1. The summed E-state index contributed by atoms with van der Waals surface area (Å²) in [6.07, 6.45) is 0. The van der Waals surface area contributed by atoms with Gasteiger partial charge in [-0.25, -0.2) is 0 Å². The summed E-state index contributed by atoms with van der Waals surface area (Å²) in [7, 11) is 3.62. The van der Waals surface area contributed by atoms with Crippen molar-refractivity contribution in [2.24, 2.45) is 0 Å². The summed E-state index contributed by atoms with van der Waals surface area (Å²) < 4.78 is 11.3. The molecule has 0 fully saturated rings. The molecule has 0 radical (unpaired) electrons. The van der Waals surface area contributed by atoms with Crippen molar-refractivity contribution in [3.8, 4) is 11.5 Å². The minimum atomic E-state index is 0.150. The highest BCUT2D eigenvalue weighted by Crippen LogP contribution is 2.29. The van der Waals surface area contributed by atoms with Crippen LogP contribution in [0.15, 0.2) is 42.5 Å². The molecule has 0 aliphatic carbocycles. The molecule has 2 aromatic rings. The van der Waals surface area contributed by atoms with Crippen LogP contribution in [-0.2, 0) is 0 Å². The topological polar surface area (TPSA) is 30.5 Å². The molecule has 0 aliphatic heterocycles. The normalized spacial score (nSPS) is 12.0. The van der Waals surface area contributed by atoms with Crippen molar-refractivity contribution in [3.05, 3.63) is 59.2 Å². The van der Waals surface area contributed by atoms with Crippen LogP contribution in [0.4, 0.5) is 0 Å². The molecule has 0 saturated heterocycles. The molecule has 1 N–H and O–H groups in total. The second-order valence-electron chi connectivity index (χ2n) is 5.16. The number of likely N-dealkylation sites (N-methyl/N-ethyl adjacent to an activating group) is 1. The Morgan fingerprint density at radius 1 is 1.05 bits per heavy atom. The van der Waals surface area contributed by atoms with Crippen molar-refractivity contribution in [1.82, 2.24) is 5.32 Å². The fraction of sp³-hybridized carbons (Fsp3) is 0.333. The van der Waals surface area contributed by atoms with Gasteiger partial charge in [-0.2, -0.15) is 0 Å². The molecule has 0 saturated carbocycles. The van der Waals surface area contributed by atoms with Gasteiger partial charge in [-0.15, -0.1) is 0 Å². The summed E-state index contributed by atoms with van der Waals surface area (Å²) in [5.41, 5.74) is 3.67. The zero-order valence-electron chi connectivity index (χ0n) is 13.1. The Hall–Kier alpha value is -2.00. The summed E-state index contributed by atoms with van der Waals surface area (Å²) in [6.45, 7) is 4.71. The third-order valence-electron chi connectivity index (χ3n) is 3.64. The lowest BCUT2D eigenvalue weighted by atomic mass is 10.0. The zero-order chi connectivity index (χ0) is 15.2. The molecule has 0 spiro atoms. The number of aryl methyl sites for hydroxylation is 2. The number of ether oxygens (including phenoxy) is 2. The van der Waals surface area contributed by atoms with Gasteiger partial charge in [0.1, 0.15) is 6.61 Å². The van der Waals surface area contributed by atoms with E-state index in [2.05, 4.69) is 36.5 Å². The second-order valence-corrected chi connectivity index (χ2v) is 5.16. The van der Waals surface area contributed by atoms with Gasteiger partial charge in [-0.05, 0) is 49.7 Å². The lowest BCUT2D eigenvalue weighted by Gasteiger charge is -2.20. The third-order valence-corrected chi connectivity index (χ3v) is 3.64. The summed E-state index contributed by atoms with van der Waals surface area (Å²) in [6, 6.07) is 14.5. The van der Waals surface area contributed by atoms with E-state index in [1.807, 2.05) is 32.2 Å². The SMILES string of the molecule is CNC(COc1ccc(C)cc1OC)c1ccccc1C. The molecular formula is C18H23NO2. The predicted octanol–water partition coefficient (Wildman–Crippen LogP) is 3.65. The molecule has 3 heteroatoms. The van der Waals surface area contributed by atoms with E-state index in [9.17, 15) is 0 Å². The molecule has 21 heavy (non-hydrogen) atoms. The van der Waals surface area contributed by atoms with Gasteiger partial charge < -0.3 is 14.8 Å². The van der Waals surface area contributed by atoms with E-state index < -0.39 is 0 Å². The molecular weight excluding hydrogens is 262 g/mol. The first-order valence-corrected chi connectivity index (χ1v) is 7.16. The lowest BCUT2D eigenvalue weighted by Crippen LogP contribution is -2.24. The summed E-state index contributed by atoms with van der Waals surface area (Å²) >= 11 is 0. The number of methoxy groups -OCH3 is 1. The first kappa shape index (κ1) is 15.4. The Kier molecular flexibility index (Phi) is 5.23. The maximum atomic E-state index is 5.96. The van der Waals surface area contributed by atoms with E-state index in [1.54, 1.807) is 7.11 Å². The lowest BCUT2D eigenvalue weighted by molar-refractivity contribution is 0.258. The Morgan fingerprint density at radius 2 is 1.81 bits per heavy atom. The van der Waals surface area contributed by atoms with Crippen molar-refractivity contribution >= 4 is 0 Å². The highest BCUT2D eigenvalue weighted by atomic mass is 16.5. The molecule has 3 nitrogen and oxygen atoms in total. The molecule has 0 heterocycles. The summed E-state index contributed by atoms with van der Waals surface area (Å²) in [5.74, 6) is 1.55. The standard InChI is InChI=1S/C18H23NO2/c1-13-9-10-17(18(11-13)20-4)21-12-16(19-3)15-8-6-5-7-14(15)2/h5-11,16,19H,12H2,1-4H3. The first-order valence-electron chi connectivity index (χ1n) is 7.16. The summed E-state index contributed by atoms with van der Waals surface area (Å²) in [4.78, 5) is 0. The molecule has 0 aliphatic rings.